The fourth-order valence-electron chi connectivity index (χ4n) is 2.98. The Morgan fingerprint density at radius 2 is 1.86 bits per heavy atom. The van der Waals surface area contributed by atoms with Crippen LogP contribution < -0.4 is 10.6 Å². The van der Waals surface area contributed by atoms with Gasteiger partial charge in [-0.1, -0.05) is 43.4 Å². The molecule has 116 valence electrons. The summed E-state index contributed by atoms with van der Waals surface area (Å²) in [5.41, 5.74) is 2.84. The van der Waals surface area contributed by atoms with E-state index in [-0.39, 0.29) is 5.91 Å². The van der Waals surface area contributed by atoms with E-state index in [0.29, 0.717) is 17.6 Å². The van der Waals surface area contributed by atoms with E-state index in [4.69, 9.17) is 11.6 Å². The Morgan fingerprint density at radius 1 is 1.19 bits per heavy atom. The van der Waals surface area contributed by atoms with Crippen molar-refractivity contribution < 1.29 is 4.79 Å². The lowest BCUT2D eigenvalue weighted by Crippen LogP contribution is -2.36. The topological polar surface area (TPSA) is 41.1 Å². The second-order valence-corrected chi connectivity index (χ2v) is 6.46. The summed E-state index contributed by atoms with van der Waals surface area (Å²) in [5, 5.41) is 6.91. The van der Waals surface area contributed by atoms with Gasteiger partial charge in [0.15, 0.2) is 0 Å². The molecule has 1 amide bonds. The number of hydrogen-bond acceptors (Lipinski definition) is 2. The smallest absolute Gasteiger partial charge is 0.238 e. The predicted octanol–water partition coefficient (Wildman–Crippen LogP) is 4.21. The van der Waals surface area contributed by atoms with Crippen molar-refractivity contribution in [3.8, 4) is 0 Å². The highest BCUT2D eigenvalue weighted by molar-refractivity contribution is 6.34. The quantitative estimate of drug-likeness (QED) is 0.818. The summed E-state index contributed by atoms with van der Waals surface area (Å²) >= 11 is 6.21. The molecule has 4 heteroatoms. The van der Waals surface area contributed by atoms with E-state index < -0.39 is 0 Å². The van der Waals surface area contributed by atoms with Crippen LogP contribution in [-0.2, 0) is 4.79 Å². The zero-order valence-electron chi connectivity index (χ0n) is 13.0. The monoisotopic (exact) mass is 308 g/mol. The van der Waals surface area contributed by atoms with Crippen molar-refractivity contribution in [3.63, 3.8) is 0 Å². The van der Waals surface area contributed by atoms with Crippen LogP contribution in [0.15, 0.2) is 12.1 Å². The number of carbonyl (C=O) groups excluding carboxylic acids is 1. The minimum Gasteiger partial charge on any atom is -0.323 e. The molecule has 0 aliphatic heterocycles. The largest absolute Gasteiger partial charge is 0.323 e. The third-order valence-electron chi connectivity index (χ3n) is 4.10. The Morgan fingerprint density at radius 3 is 2.48 bits per heavy atom. The highest BCUT2D eigenvalue weighted by atomic mass is 35.5. The standard InChI is InChI=1S/C17H25ClN2O/c1-12-9-13(2)17(15(18)10-12)20-16(21)11-19-14-7-5-3-4-6-8-14/h9-10,14,19H,3-8,11H2,1-2H3,(H,20,21). The van der Waals surface area contributed by atoms with Crippen LogP contribution in [0.3, 0.4) is 0 Å². The van der Waals surface area contributed by atoms with Gasteiger partial charge in [-0.15, -0.1) is 0 Å². The molecule has 2 rings (SSSR count). The summed E-state index contributed by atoms with van der Waals surface area (Å²) in [6.45, 7) is 4.32. The first kappa shape index (κ1) is 16.3. The normalized spacial score (nSPS) is 16.5. The summed E-state index contributed by atoms with van der Waals surface area (Å²) in [6.07, 6.45) is 7.53. The molecule has 0 bridgehead atoms. The van der Waals surface area contributed by atoms with E-state index in [2.05, 4.69) is 10.6 Å². The Kier molecular flexibility index (Phi) is 6.07. The van der Waals surface area contributed by atoms with E-state index in [0.717, 1.165) is 16.8 Å². The van der Waals surface area contributed by atoms with E-state index in [1.807, 2.05) is 26.0 Å². The molecular formula is C17H25ClN2O. The lowest BCUT2D eigenvalue weighted by Gasteiger charge is -2.17. The Bertz CT molecular complexity index is 471. The van der Waals surface area contributed by atoms with Gasteiger partial charge in [0.05, 0.1) is 17.3 Å². The Labute approximate surface area is 132 Å². The maximum Gasteiger partial charge on any atom is 0.238 e. The maximum absolute atomic E-state index is 12.1. The van der Waals surface area contributed by atoms with Crippen molar-refractivity contribution in [2.45, 2.75) is 58.4 Å². The van der Waals surface area contributed by atoms with E-state index in [1.165, 1.54) is 38.5 Å². The molecule has 1 aromatic rings. The molecule has 0 atom stereocenters. The van der Waals surface area contributed by atoms with Crippen LogP contribution in [-0.4, -0.2) is 18.5 Å². The van der Waals surface area contributed by atoms with Crippen LogP contribution in [0.25, 0.3) is 0 Å². The van der Waals surface area contributed by atoms with Gasteiger partial charge in [-0.2, -0.15) is 0 Å². The van der Waals surface area contributed by atoms with Crippen molar-refractivity contribution in [2.75, 3.05) is 11.9 Å². The van der Waals surface area contributed by atoms with Gasteiger partial charge >= 0.3 is 0 Å². The fraction of sp³-hybridized carbons (Fsp3) is 0.588. The number of rotatable bonds is 4. The number of halogens is 1. The molecule has 3 nitrogen and oxygen atoms in total. The summed E-state index contributed by atoms with van der Waals surface area (Å²) in [6, 6.07) is 4.39. The van der Waals surface area contributed by atoms with Crippen LogP contribution in [0.4, 0.5) is 5.69 Å². The molecule has 0 radical (unpaired) electrons. The molecule has 1 aliphatic rings. The zero-order valence-corrected chi connectivity index (χ0v) is 13.7. The molecular weight excluding hydrogens is 284 g/mol. The molecule has 1 fully saturated rings. The fourth-order valence-corrected chi connectivity index (χ4v) is 3.35. The molecule has 0 aromatic heterocycles. The van der Waals surface area contributed by atoms with Crippen molar-refractivity contribution in [1.29, 1.82) is 0 Å². The number of carbonyl (C=O) groups is 1. The van der Waals surface area contributed by atoms with Gasteiger partial charge in [0.1, 0.15) is 0 Å². The van der Waals surface area contributed by atoms with E-state index in [9.17, 15) is 4.79 Å². The number of hydrogen-bond donors (Lipinski definition) is 2. The molecule has 1 aromatic carbocycles. The van der Waals surface area contributed by atoms with Crippen LogP contribution in [0.5, 0.6) is 0 Å². The van der Waals surface area contributed by atoms with Gasteiger partial charge in [0.2, 0.25) is 5.91 Å². The summed E-state index contributed by atoms with van der Waals surface area (Å²) in [7, 11) is 0. The van der Waals surface area contributed by atoms with Gasteiger partial charge in [0.25, 0.3) is 0 Å². The van der Waals surface area contributed by atoms with E-state index in [1.54, 1.807) is 0 Å². The first-order valence-corrected chi connectivity index (χ1v) is 8.24. The highest BCUT2D eigenvalue weighted by Gasteiger charge is 2.14. The van der Waals surface area contributed by atoms with Crippen LogP contribution in [0.2, 0.25) is 5.02 Å². The van der Waals surface area contributed by atoms with Gasteiger partial charge in [0, 0.05) is 6.04 Å². The van der Waals surface area contributed by atoms with Crippen LogP contribution >= 0.6 is 11.6 Å². The number of amides is 1. The molecule has 0 unspecified atom stereocenters. The molecule has 2 N–H and O–H groups in total. The lowest BCUT2D eigenvalue weighted by atomic mass is 10.1. The van der Waals surface area contributed by atoms with Crippen molar-refractivity contribution in [1.82, 2.24) is 5.32 Å². The molecule has 1 saturated carbocycles. The minimum absolute atomic E-state index is 0.0203. The second-order valence-electron chi connectivity index (χ2n) is 6.06. The average Bonchev–Trinajstić information content (AvgIpc) is 2.69. The molecule has 21 heavy (non-hydrogen) atoms. The van der Waals surface area contributed by atoms with Gasteiger partial charge in [-0.3, -0.25) is 4.79 Å². The van der Waals surface area contributed by atoms with Gasteiger partial charge in [-0.25, -0.2) is 0 Å². The summed E-state index contributed by atoms with van der Waals surface area (Å²) in [4.78, 5) is 12.1. The zero-order chi connectivity index (χ0) is 15.2. The highest BCUT2D eigenvalue weighted by Crippen LogP contribution is 2.27. The Balaban J connectivity index is 1.87. The second kappa shape index (κ2) is 7.81. The van der Waals surface area contributed by atoms with Crippen LogP contribution in [0, 0.1) is 13.8 Å². The summed E-state index contributed by atoms with van der Waals surface area (Å²) < 4.78 is 0. The maximum atomic E-state index is 12.1. The number of benzene rings is 1. The number of aryl methyl sites for hydroxylation is 2. The molecule has 0 spiro atoms. The van der Waals surface area contributed by atoms with Crippen molar-refractivity contribution in [2.24, 2.45) is 0 Å². The number of anilines is 1. The first-order valence-electron chi connectivity index (χ1n) is 7.86. The molecule has 0 saturated heterocycles. The first-order chi connectivity index (χ1) is 10.1. The average molecular weight is 309 g/mol. The van der Waals surface area contributed by atoms with Gasteiger partial charge < -0.3 is 10.6 Å². The summed E-state index contributed by atoms with van der Waals surface area (Å²) in [5.74, 6) is -0.0203. The predicted molar refractivity (Wildman–Crippen MR) is 89.0 cm³/mol. The van der Waals surface area contributed by atoms with Crippen molar-refractivity contribution >= 4 is 23.2 Å². The lowest BCUT2D eigenvalue weighted by molar-refractivity contribution is -0.115. The Hall–Kier alpha value is -1.06. The number of nitrogens with one attached hydrogen (secondary N) is 2. The molecule has 1 aliphatic carbocycles. The SMILES string of the molecule is Cc1cc(C)c(NC(=O)CNC2CCCCCC2)c(Cl)c1. The third kappa shape index (κ3) is 5.01. The van der Waals surface area contributed by atoms with E-state index >= 15 is 0 Å². The van der Waals surface area contributed by atoms with Gasteiger partial charge in [-0.05, 0) is 43.9 Å². The van der Waals surface area contributed by atoms with Crippen LogP contribution in [0.1, 0.15) is 49.7 Å². The molecule has 0 heterocycles. The van der Waals surface area contributed by atoms with Crippen molar-refractivity contribution in [3.05, 3.63) is 28.3 Å². The minimum atomic E-state index is -0.0203. The third-order valence-corrected chi connectivity index (χ3v) is 4.40.